The number of rotatable bonds is 3. The summed E-state index contributed by atoms with van der Waals surface area (Å²) < 4.78 is 0. The van der Waals surface area contributed by atoms with E-state index in [9.17, 15) is 9.59 Å². The van der Waals surface area contributed by atoms with Crippen LogP contribution in [0.1, 0.15) is 53.3 Å². The van der Waals surface area contributed by atoms with Crippen LogP contribution in [0.3, 0.4) is 0 Å². The van der Waals surface area contributed by atoms with Crippen LogP contribution in [0.5, 0.6) is 0 Å². The number of Topliss-reactive ketones (excluding diaryl/α,β-unsaturated/α-hetero) is 1. The van der Waals surface area contributed by atoms with E-state index in [0.717, 1.165) is 25.7 Å². The van der Waals surface area contributed by atoms with Crippen LogP contribution in [0.2, 0.25) is 0 Å². The third kappa shape index (κ3) is 3.64. The molecule has 0 aromatic heterocycles. The predicted octanol–water partition coefficient (Wildman–Crippen LogP) is 1.89. The number of nitrogens with one attached hydrogen (secondary N) is 1. The number of hydrogen-bond acceptors (Lipinski definition) is 3. The van der Waals surface area contributed by atoms with E-state index >= 15 is 0 Å². The average molecular weight is 260 g/mol. The molecule has 1 aliphatic carbocycles. The highest BCUT2D eigenvalue weighted by molar-refractivity contribution is 5.97. The van der Waals surface area contributed by atoms with Crippen molar-refractivity contribution in [2.75, 3.05) is 0 Å². The van der Waals surface area contributed by atoms with E-state index in [1.807, 2.05) is 0 Å². The van der Waals surface area contributed by atoms with Gasteiger partial charge in [0.05, 0.1) is 0 Å². The molecule has 0 aliphatic heterocycles. The van der Waals surface area contributed by atoms with Crippen LogP contribution < -0.4 is 11.1 Å². The molecule has 1 amide bonds. The van der Waals surface area contributed by atoms with Gasteiger partial charge in [-0.3, -0.25) is 9.59 Å². The zero-order valence-corrected chi connectivity index (χ0v) is 11.2. The van der Waals surface area contributed by atoms with Gasteiger partial charge >= 0.3 is 0 Å². The van der Waals surface area contributed by atoms with Crippen molar-refractivity contribution in [1.82, 2.24) is 5.32 Å². The van der Waals surface area contributed by atoms with E-state index in [-0.39, 0.29) is 23.8 Å². The molecule has 4 nitrogen and oxygen atoms in total. The lowest BCUT2D eigenvalue weighted by molar-refractivity contribution is 0.0924. The van der Waals surface area contributed by atoms with Crippen LogP contribution in [0.4, 0.5) is 0 Å². The summed E-state index contributed by atoms with van der Waals surface area (Å²) in [5.74, 6) is -0.0659. The topological polar surface area (TPSA) is 72.2 Å². The number of amides is 1. The number of carbonyl (C=O) groups is 2. The standard InChI is InChI=1S/C15H20N2O2/c1-10(18)11-2-4-12(5-3-11)15(19)17-14-8-6-13(16)7-9-14/h2-5,13-14H,6-9,16H2,1H3,(H,17,19). The van der Waals surface area contributed by atoms with Crippen LogP contribution in [0.25, 0.3) is 0 Å². The SMILES string of the molecule is CC(=O)c1ccc(C(=O)NC2CCC(N)CC2)cc1. The summed E-state index contributed by atoms with van der Waals surface area (Å²) in [5.41, 5.74) is 7.06. The molecule has 1 aliphatic rings. The Bertz CT molecular complexity index is 460. The summed E-state index contributed by atoms with van der Waals surface area (Å²) in [4.78, 5) is 23.2. The first-order chi connectivity index (χ1) is 9.06. The van der Waals surface area contributed by atoms with E-state index in [1.54, 1.807) is 24.3 Å². The van der Waals surface area contributed by atoms with Crippen LogP contribution >= 0.6 is 0 Å². The minimum atomic E-state index is -0.0735. The zero-order valence-electron chi connectivity index (χ0n) is 11.2. The van der Waals surface area contributed by atoms with Crippen LogP contribution in [-0.2, 0) is 0 Å². The van der Waals surface area contributed by atoms with Gasteiger partial charge < -0.3 is 11.1 Å². The van der Waals surface area contributed by atoms with E-state index in [4.69, 9.17) is 5.73 Å². The molecule has 0 radical (unpaired) electrons. The first-order valence-corrected chi connectivity index (χ1v) is 6.73. The smallest absolute Gasteiger partial charge is 0.251 e. The molecule has 1 aromatic rings. The molecule has 0 spiro atoms. The maximum absolute atomic E-state index is 12.0. The Kier molecular flexibility index (Phi) is 4.32. The molecule has 1 aromatic carbocycles. The lowest BCUT2D eigenvalue weighted by atomic mass is 9.91. The molecule has 0 heterocycles. The lowest BCUT2D eigenvalue weighted by Crippen LogP contribution is -2.40. The van der Waals surface area contributed by atoms with Crippen molar-refractivity contribution in [1.29, 1.82) is 0 Å². The molecule has 0 saturated heterocycles. The Morgan fingerprint density at radius 1 is 1.05 bits per heavy atom. The zero-order chi connectivity index (χ0) is 13.8. The number of carbonyl (C=O) groups excluding carboxylic acids is 2. The van der Waals surface area contributed by atoms with Gasteiger partial charge in [0.25, 0.3) is 5.91 Å². The fourth-order valence-electron chi connectivity index (χ4n) is 2.39. The monoisotopic (exact) mass is 260 g/mol. The van der Waals surface area contributed by atoms with E-state index in [0.29, 0.717) is 11.1 Å². The predicted molar refractivity (Wildman–Crippen MR) is 74.1 cm³/mol. The number of hydrogen-bond donors (Lipinski definition) is 2. The molecule has 102 valence electrons. The van der Waals surface area contributed by atoms with Crippen molar-refractivity contribution in [3.63, 3.8) is 0 Å². The third-order valence-electron chi connectivity index (χ3n) is 3.66. The van der Waals surface area contributed by atoms with Crippen molar-refractivity contribution in [2.24, 2.45) is 5.73 Å². The fourth-order valence-corrected chi connectivity index (χ4v) is 2.39. The Hall–Kier alpha value is -1.68. The molecule has 4 heteroatoms. The maximum Gasteiger partial charge on any atom is 0.251 e. The van der Waals surface area contributed by atoms with Crippen LogP contribution in [-0.4, -0.2) is 23.8 Å². The quantitative estimate of drug-likeness (QED) is 0.815. The third-order valence-corrected chi connectivity index (χ3v) is 3.66. The minimum absolute atomic E-state index is 0.00762. The van der Waals surface area contributed by atoms with Gasteiger partial charge in [0.15, 0.2) is 5.78 Å². The molecular weight excluding hydrogens is 240 g/mol. The normalized spacial score (nSPS) is 22.8. The first-order valence-electron chi connectivity index (χ1n) is 6.73. The molecular formula is C15H20N2O2. The number of ketones is 1. The highest BCUT2D eigenvalue weighted by Gasteiger charge is 2.20. The van der Waals surface area contributed by atoms with Crippen LogP contribution in [0.15, 0.2) is 24.3 Å². The first kappa shape index (κ1) is 13.7. The highest BCUT2D eigenvalue weighted by Crippen LogP contribution is 2.17. The van der Waals surface area contributed by atoms with E-state index in [2.05, 4.69) is 5.32 Å². The molecule has 0 bridgehead atoms. The van der Waals surface area contributed by atoms with Gasteiger partial charge in [-0.15, -0.1) is 0 Å². The van der Waals surface area contributed by atoms with Gasteiger partial charge in [0.1, 0.15) is 0 Å². The van der Waals surface area contributed by atoms with Crippen LogP contribution in [0, 0.1) is 0 Å². The summed E-state index contributed by atoms with van der Waals surface area (Å²) in [6.07, 6.45) is 3.82. The van der Waals surface area contributed by atoms with E-state index in [1.165, 1.54) is 6.92 Å². The molecule has 0 unspecified atom stereocenters. The summed E-state index contributed by atoms with van der Waals surface area (Å²) in [5, 5.41) is 3.02. The molecule has 2 rings (SSSR count). The van der Waals surface area contributed by atoms with Crippen molar-refractivity contribution in [2.45, 2.75) is 44.7 Å². The molecule has 3 N–H and O–H groups in total. The minimum Gasteiger partial charge on any atom is -0.349 e. The average Bonchev–Trinajstić information content (AvgIpc) is 2.41. The Labute approximate surface area is 113 Å². The summed E-state index contributed by atoms with van der Waals surface area (Å²) in [7, 11) is 0. The van der Waals surface area contributed by atoms with Gasteiger partial charge in [0, 0.05) is 23.2 Å². The van der Waals surface area contributed by atoms with Crippen molar-refractivity contribution in [3.05, 3.63) is 35.4 Å². The molecule has 19 heavy (non-hydrogen) atoms. The summed E-state index contributed by atoms with van der Waals surface area (Å²) >= 11 is 0. The van der Waals surface area contributed by atoms with E-state index < -0.39 is 0 Å². The molecule has 1 saturated carbocycles. The maximum atomic E-state index is 12.0. The second kappa shape index (κ2) is 5.97. The largest absolute Gasteiger partial charge is 0.349 e. The molecule has 1 fully saturated rings. The summed E-state index contributed by atoms with van der Waals surface area (Å²) in [6, 6.07) is 7.27. The lowest BCUT2D eigenvalue weighted by Gasteiger charge is -2.26. The number of nitrogens with two attached hydrogens (primary N) is 1. The van der Waals surface area contributed by atoms with Gasteiger partial charge in [-0.2, -0.15) is 0 Å². The Morgan fingerprint density at radius 3 is 2.11 bits per heavy atom. The summed E-state index contributed by atoms with van der Waals surface area (Å²) in [6.45, 7) is 1.51. The Balaban J connectivity index is 1.94. The molecule has 0 atom stereocenters. The Morgan fingerprint density at radius 2 is 1.58 bits per heavy atom. The second-order valence-electron chi connectivity index (χ2n) is 5.22. The van der Waals surface area contributed by atoms with Gasteiger partial charge in [-0.1, -0.05) is 12.1 Å². The second-order valence-corrected chi connectivity index (χ2v) is 5.22. The van der Waals surface area contributed by atoms with Crippen molar-refractivity contribution < 1.29 is 9.59 Å². The highest BCUT2D eigenvalue weighted by atomic mass is 16.1. The fraction of sp³-hybridized carbons (Fsp3) is 0.467. The van der Waals surface area contributed by atoms with Crippen molar-refractivity contribution in [3.8, 4) is 0 Å². The van der Waals surface area contributed by atoms with Gasteiger partial charge in [-0.05, 0) is 44.7 Å². The van der Waals surface area contributed by atoms with Gasteiger partial charge in [-0.25, -0.2) is 0 Å². The van der Waals surface area contributed by atoms with Gasteiger partial charge in [0.2, 0.25) is 0 Å². The van der Waals surface area contributed by atoms with Crippen molar-refractivity contribution >= 4 is 11.7 Å². The number of benzene rings is 1.